The van der Waals surface area contributed by atoms with Crippen molar-refractivity contribution in [1.29, 1.82) is 0 Å². The zero-order chi connectivity index (χ0) is 11.1. The van der Waals surface area contributed by atoms with Crippen LogP contribution in [0.3, 0.4) is 0 Å². The van der Waals surface area contributed by atoms with Gasteiger partial charge in [-0.1, -0.05) is 30.7 Å². The van der Waals surface area contributed by atoms with Gasteiger partial charge in [0.25, 0.3) is 6.47 Å². The van der Waals surface area contributed by atoms with Crippen molar-refractivity contribution >= 4 is 6.47 Å². The minimum Gasteiger partial charge on any atom is -0.461 e. The van der Waals surface area contributed by atoms with Crippen molar-refractivity contribution in [2.45, 2.75) is 38.7 Å². The van der Waals surface area contributed by atoms with Crippen molar-refractivity contribution < 1.29 is 9.53 Å². The van der Waals surface area contributed by atoms with E-state index in [1.54, 1.807) is 0 Å². The third kappa shape index (κ3) is 1.54. The van der Waals surface area contributed by atoms with Crippen molar-refractivity contribution in [3.8, 4) is 0 Å². The van der Waals surface area contributed by atoms with Crippen LogP contribution < -0.4 is 0 Å². The Kier molecular flexibility index (Phi) is 2.29. The molecular formula is C13H16O2. The number of fused-ring (bicyclic) bond motifs is 1. The molecule has 0 amide bonds. The van der Waals surface area contributed by atoms with Crippen molar-refractivity contribution in [2.75, 3.05) is 0 Å². The normalized spacial score (nSPS) is 28.6. The molecule has 0 saturated heterocycles. The Bertz CT molecular complexity index is 398. The van der Waals surface area contributed by atoms with Crippen LogP contribution in [0.2, 0.25) is 0 Å². The van der Waals surface area contributed by atoms with Gasteiger partial charge in [0.05, 0.1) is 0 Å². The molecule has 2 heteroatoms. The highest BCUT2D eigenvalue weighted by atomic mass is 16.5. The quantitative estimate of drug-likeness (QED) is 0.692. The van der Waals surface area contributed by atoms with Crippen LogP contribution in [-0.4, -0.2) is 12.1 Å². The van der Waals surface area contributed by atoms with Gasteiger partial charge in [-0.25, -0.2) is 0 Å². The van der Waals surface area contributed by atoms with Gasteiger partial charge in [0.2, 0.25) is 0 Å². The zero-order valence-corrected chi connectivity index (χ0v) is 9.41. The van der Waals surface area contributed by atoms with Crippen LogP contribution in [0.25, 0.3) is 0 Å². The monoisotopic (exact) mass is 204 g/mol. The molecule has 1 aliphatic rings. The lowest BCUT2D eigenvalue weighted by Gasteiger charge is -2.27. The molecule has 2 nitrogen and oxygen atoms in total. The Morgan fingerprint density at radius 3 is 2.93 bits per heavy atom. The molecule has 2 atom stereocenters. The standard InChI is InChI=1S/C13H16O2/c1-9-4-5-12-10(2)13(3,15-8-14)7-11(12)6-9/h4-6,8,10H,7H2,1-3H3. The maximum atomic E-state index is 10.5. The van der Waals surface area contributed by atoms with E-state index in [1.807, 2.05) is 6.92 Å². The lowest BCUT2D eigenvalue weighted by Crippen LogP contribution is -2.31. The third-order valence-electron chi connectivity index (χ3n) is 3.54. The number of hydrogen-bond acceptors (Lipinski definition) is 2. The molecule has 0 spiro atoms. The summed E-state index contributed by atoms with van der Waals surface area (Å²) in [6.07, 6.45) is 0.823. The third-order valence-corrected chi connectivity index (χ3v) is 3.54. The second-order valence-electron chi connectivity index (χ2n) is 4.63. The van der Waals surface area contributed by atoms with E-state index in [1.165, 1.54) is 16.7 Å². The molecule has 0 N–H and O–H groups in total. The highest BCUT2D eigenvalue weighted by Crippen LogP contribution is 2.42. The molecule has 0 aromatic heterocycles. The Labute approximate surface area is 90.3 Å². The minimum atomic E-state index is -0.363. The molecule has 0 bridgehead atoms. The number of rotatable bonds is 2. The number of benzene rings is 1. The first-order valence-electron chi connectivity index (χ1n) is 5.28. The summed E-state index contributed by atoms with van der Waals surface area (Å²) in [6.45, 7) is 6.77. The Morgan fingerprint density at radius 1 is 1.53 bits per heavy atom. The summed E-state index contributed by atoms with van der Waals surface area (Å²) in [5.41, 5.74) is 3.52. The van der Waals surface area contributed by atoms with E-state index in [2.05, 4.69) is 32.0 Å². The SMILES string of the molecule is Cc1ccc2c(c1)CC(C)(OC=O)C2C. The van der Waals surface area contributed by atoms with Crippen molar-refractivity contribution in [3.63, 3.8) is 0 Å². The van der Waals surface area contributed by atoms with Gasteiger partial charge in [-0.05, 0) is 25.0 Å². The van der Waals surface area contributed by atoms with Crippen LogP contribution in [-0.2, 0) is 16.0 Å². The summed E-state index contributed by atoms with van der Waals surface area (Å²) in [5, 5.41) is 0. The molecule has 2 rings (SSSR count). The summed E-state index contributed by atoms with van der Waals surface area (Å²) in [6, 6.07) is 6.45. The number of carbonyl (C=O) groups is 1. The number of aryl methyl sites for hydroxylation is 1. The van der Waals surface area contributed by atoms with Gasteiger partial charge in [0.1, 0.15) is 5.60 Å². The number of ether oxygens (including phenoxy) is 1. The number of carbonyl (C=O) groups excluding carboxylic acids is 1. The Hall–Kier alpha value is -1.31. The van der Waals surface area contributed by atoms with Gasteiger partial charge in [-0.3, -0.25) is 4.79 Å². The van der Waals surface area contributed by atoms with E-state index in [-0.39, 0.29) is 11.5 Å². The average molecular weight is 204 g/mol. The molecule has 1 aliphatic carbocycles. The van der Waals surface area contributed by atoms with Gasteiger partial charge >= 0.3 is 0 Å². The van der Waals surface area contributed by atoms with Crippen molar-refractivity contribution in [2.24, 2.45) is 0 Å². The van der Waals surface area contributed by atoms with Crippen LogP contribution >= 0.6 is 0 Å². The molecule has 1 aromatic rings. The summed E-state index contributed by atoms with van der Waals surface area (Å²) in [4.78, 5) is 10.5. The Morgan fingerprint density at radius 2 is 2.27 bits per heavy atom. The van der Waals surface area contributed by atoms with E-state index in [0.29, 0.717) is 6.47 Å². The van der Waals surface area contributed by atoms with Gasteiger partial charge in [-0.2, -0.15) is 0 Å². The van der Waals surface area contributed by atoms with Crippen molar-refractivity contribution in [1.82, 2.24) is 0 Å². The van der Waals surface area contributed by atoms with Crippen LogP contribution in [0.4, 0.5) is 0 Å². The van der Waals surface area contributed by atoms with E-state index in [0.717, 1.165) is 6.42 Å². The van der Waals surface area contributed by atoms with Crippen LogP contribution in [0.15, 0.2) is 18.2 Å². The summed E-state index contributed by atoms with van der Waals surface area (Å²) in [7, 11) is 0. The van der Waals surface area contributed by atoms with Crippen molar-refractivity contribution in [3.05, 3.63) is 34.9 Å². The fourth-order valence-corrected chi connectivity index (χ4v) is 2.42. The molecule has 0 heterocycles. The lowest BCUT2D eigenvalue weighted by atomic mass is 9.91. The fraction of sp³-hybridized carbons (Fsp3) is 0.462. The fourth-order valence-electron chi connectivity index (χ4n) is 2.42. The van der Waals surface area contributed by atoms with Gasteiger partial charge in [-0.15, -0.1) is 0 Å². The molecule has 1 aromatic carbocycles. The first-order chi connectivity index (χ1) is 7.07. The summed E-state index contributed by atoms with van der Waals surface area (Å²) >= 11 is 0. The molecule has 0 radical (unpaired) electrons. The Balaban J connectivity index is 2.40. The summed E-state index contributed by atoms with van der Waals surface area (Å²) in [5.74, 6) is 0.276. The first-order valence-corrected chi connectivity index (χ1v) is 5.28. The van der Waals surface area contributed by atoms with Crippen LogP contribution in [0, 0.1) is 6.92 Å². The molecule has 2 unspecified atom stereocenters. The maximum absolute atomic E-state index is 10.5. The van der Waals surface area contributed by atoms with E-state index in [4.69, 9.17) is 4.74 Å². The molecule has 80 valence electrons. The second kappa shape index (κ2) is 3.37. The van der Waals surface area contributed by atoms with Crippen LogP contribution in [0.1, 0.15) is 36.5 Å². The van der Waals surface area contributed by atoms with Gasteiger partial charge in [0, 0.05) is 12.3 Å². The second-order valence-corrected chi connectivity index (χ2v) is 4.63. The maximum Gasteiger partial charge on any atom is 0.293 e. The predicted octanol–water partition coefficient (Wildman–Crippen LogP) is 2.59. The van der Waals surface area contributed by atoms with E-state index in [9.17, 15) is 4.79 Å². The molecule has 0 saturated carbocycles. The highest BCUT2D eigenvalue weighted by molar-refractivity contribution is 5.45. The largest absolute Gasteiger partial charge is 0.461 e. The topological polar surface area (TPSA) is 26.3 Å². The smallest absolute Gasteiger partial charge is 0.293 e. The molecule has 0 fully saturated rings. The zero-order valence-electron chi connectivity index (χ0n) is 9.41. The predicted molar refractivity (Wildman–Crippen MR) is 58.9 cm³/mol. The molecule has 15 heavy (non-hydrogen) atoms. The molecular weight excluding hydrogens is 188 g/mol. The van der Waals surface area contributed by atoms with E-state index >= 15 is 0 Å². The average Bonchev–Trinajstić information content (AvgIpc) is 2.39. The highest BCUT2D eigenvalue weighted by Gasteiger charge is 2.41. The molecule has 0 aliphatic heterocycles. The lowest BCUT2D eigenvalue weighted by molar-refractivity contribution is -0.142. The minimum absolute atomic E-state index is 0.276. The summed E-state index contributed by atoms with van der Waals surface area (Å²) < 4.78 is 5.24. The first kappa shape index (κ1) is 10.2. The van der Waals surface area contributed by atoms with Gasteiger partial charge in [0.15, 0.2) is 0 Å². The van der Waals surface area contributed by atoms with Gasteiger partial charge < -0.3 is 4.74 Å². The van der Waals surface area contributed by atoms with Crippen LogP contribution in [0.5, 0.6) is 0 Å². The number of hydrogen-bond donors (Lipinski definition) is 0. The van der Waals surface area contributed by atoms with E-state index < -0.39 is 0 Å².